The molecule has 0 amide bonds. The van der Waals surface area contributed by atoms with E-state index in [1.54, 1.807) is 13.0 Å². The lowest BCUT2D eigenvalue weighted by atomic mass is 10.2. The van der Waals surface area contributed by atoms with Crippen LogP contribution in [0, 0.1) is 6.92 Å². The fourth-order valence-corrected chi connectivity index (χ4v) is 1.57. The van der Waals surface area contributed by atoms with Crippen LogP contribution in [0.15, 0.2) is 18.2 Å². The summed E-state index contributed by atoms with van der Waals surface area (Å²) in [5, 5.41) is 0.329. The predicted octanol–water partition coefficient (Wildman–Crippen LogP) is 3.01. The standard InChI is InChI=1S/C9H8ClF3O3S/c1-6-2-3-7(4-8(6)10)5-16-17(14,15)9(11,12)13/h2-4H,5H2,1H3. The van der Waals surface area contributed by atoms with E-state index in [-0.39, 0.29) is 5.56 Å². The average Bonchev–Trinajstić information content (AvgIpc) is 2.18. The van der Waals surface area contributed by atoms with Crippen molar-refractivity contribution >= 4 is 21.7 Å². The molecule has 3 nitrogen and oxygen atoms in total. The molecule has 0 heterocycles. The van der Waals surface area contributed by atoms with E-state index in [1.165, 1.54) is 12.1 Å². The van der Waals surface area contributed by atoms with Gasteiger partial charge in [-0.1, -0.05) is 23.7 Å². The SMILES string of the molecule is Cc1ccc(COS(=O)(=O)C(F)(F)F)cc1Cl. The van der Waals surface area contributed by atoms with Crippen LogP contribution in [-0.2, 0) is 20.9 Å². The number of hydrogen-bond donors (Lipinski definition) is 0. The first-order valence-electron chi connectivity index (χ1n) is 4.34. The van der Waals surface area contributed by atoms with Gasteiger partial charge in [-0.15, -0.1) is 0 Å². The summed E-state index contributed by atoms with van der Waals surface area (Å²) in [6.45, 7) is 1.00. The smallest absolute Gasteiger partial charge is 0.258 e. The maximum atomic E-state index is 11.9. The third-order valence-corrected chi connectivity index (χ3v) is 3.30. The van der Waals surface area contributed by atoms with Gasteiger partial charge in [0.15, 0.2) is 0 Å². The molecule has 96 valence electrons. The molecule has 0 atom stereocenters. The fraction of sp³-hybridized carbons (Fsp3) is 0.333. The van der Waals surface area contributed by atoms with Crippen LogP contribution in [0.4, 0.5) is 13.2 Å². The van der Waals surface area contributed by atoms with E-state index in [4.69, 9.17) is 11.6 Å². The van der Waals surface area contributed by atoms with Gasteiger partial charge in [0.25, 0.3) is 0 Å². The minimum atomic E-state index is -5.56. The highest BCUT2D eigenvalue weighted by atomic mass is 35.5. The largest absolute Gasteiger partial charge is 0.523 e. The van der Waals surface area contributed by atoms with Crippen LogP contribution in [0.1, 0.15) is 11.1 Å². The molecule has 0 aliphatic carbocycles. The van der Waals surface area contributed by atoms with E-state index >= 15 is 0 Å². The van der Waals surface area contributed by atoms with Gasteiger partial charge in [0.05, 0.1) is 6.61 Å². The molecule has 0 aliphatic rings. The zero-order valence-electron chi connectivity index (χ0n) is 8.58. The van der Waals surface area contributed by atoms with Crippen molar-refractivity contribution in [3.05, 3.63) is 34.3 Å². The van der Waals surface area contributed by atoms with E-state index in [9.17, 15) is 21.6 Å². The molecule has 1 aromatic carbocycles. The van der Waals surface area contributed by atoms with E-state index in [0.717, 1.165) is 5.56 Å². The third kappa shape index (κ3) is 3.58. The number of aryl methyl sites for hydroxylation is 1. The zero-order valence-corrected chi connectivity index (χ0v) is 10.2. The van der Waals surface area contributed by atoms with Crippen molar-refractivity contribution in [3.63, 3.8) is 0 Å². The first-order valence-corrected chi connectivity index (χ1v) is 6.13. The Morgan fingerprint density at radius 1 is 1.35 bits per heavy atom. The lowest BCUT2D eigenvalue weighted by molar-refractivity contribution is -0.0547. The first kappa shape index (κ1) is 14.3. The highest BCUT2D eigenvalue weighted by Gasteiger charge is 2.47. The number of rotatable bonds is 3. The Kier molecular flexibility index (Phi) is 4.06. The zero-order chi connectivity index (χ0) is 13.3. The molecule has 0 spiro atoms. The first-order chi connectivity index (χ1) is 7.63. The molecule has 0 aromatic heterocycles. The minimum Gasteiger partial charge on any atom is -0.258 e. The summed E-state index contributed by atoms with van der Waals surface area (Å²) in [6, 6.07) is 4.34. The molecule has 0 saturated carbocycles. The molecule has 0 N–H and O–H groups in total. The second kappa shape index (κ2) is 4.83. The van der Waals surface area contributed by atoms with E-state index in [1.807, 2.05) is 0 Å². The van der Waals surface area contributed by atoms with Gasteiger partial charge in [-0.2, -0.15) is 21.6 Å². The Bertz CT molecular complexity index is 511. The van der Waals surface area contributed by atoms with Gasteiger partial charge in [-0.25, -0.2) is 0 Å². The molecule has 0 bridgehead atoms. The Hall–Kier alpha value is -0.790. The van der Waals surface area contributed by atoms with Crippen LogP contribution < -0.4 is 0 Å². The normalized spacial score (nSPS) is 12.8. The minimum absolute atomic E-state index is 0.244. The lowest BCUT2D eigenvalue weighted by Gasteiger charge is -2.08. The monoisotopic (exact) mass is 288 g/mol. The van der Waals surface area contributed by atoms with Crippen LogP contribution in [0.25, 0.3) is 0 Å². The summed E-state index contributed by atoms with van der Waals surface area (Å²) >= 11 is 5.73. The molecule has 1 rings (SSSR count). The predicted molar refractivity (Wildman–Crippen MR) is 56.0 cm³/mol. The second-order valence-corrected chi connectivity index (χ2v) is 5.26. The van der Waals surface area contributed by atoms with Crippen LogP contribution in [0.5, 0.6) is 0 Å². The summed E-state index contributed by atoms with van der Waals surface area (Å²) in [4.78, 5) is 0. The summed E-state index contributed by atoms with van der Waals surface area (Å²) in [5.41, 5.74) is -4.44. The Balaban J connectivity index is 2.78. The lowest BCUT2D eigenvalue weighted by Crippen LogP contribution is -2.25. The van der Waals surface area contributed by atoms with Gasteiger partial charge in [0.2, 0.25) is 0 Å². The van der Waals surface area contributed by atoms with E-state index in [0.29, 0.717) is 5.02 Å². The maximum Gasteiger partial charge on any atom is 0.523 e. The van der Waals surface area contributed by atoms with Crippen molar-refractivity contribution < 1.29 is 25.8 Å². The van der Waals surface area contributed by atoms with Crippen molar-refractivity contribution in [1.82, 2.24) is 0 Å². The number of hydrogen-bond acceptors (Lipinski definition) is 3. The summed E-state index contributed by atoms with van der Waals surface area (Å²) in [7, 11) is -5.56. The molecule has 0 saturated heterocycles. The molecular weight excluding hydrogens is 281 g/mol. The van der Waals surface area contributed by atoms with Crippen LogP contribution in [0.2, 0.25) is 5.02 Å². The molecule has 0 radical (unpaired) electrons. The fourth-order valence-electron chi connectivity index (χ4n) is 0.939. The average molecular weight is 289 g/mol. The highest BCUT2D eigenvalue weighted by molar-refractivity contribution is 7.87. The van der Waals surface area contributed by atoms with Crippen molar-refractivity contribution in [3.8, 4) is 0 Å². The Morgan fingerprint density at radius 3 is 2.41 bits per heavy atom. The topological polar surface area (TPSA) is 43.4 Å². The molecular formula is C9H8ClF3O3S. The van der Waals surface area contributed by atoms with Crippen LogP contribution in [-0.4, -0.2) is 13.9 Å². The number of benzene rings is 1. The molecule has 0 fully saturated rings. The molecule has 8 heteroatoms. The quantitative estimate of drug-likeness (QED) is 0.634. The highest BCUT2D eigenvalue weighted by Crippen LogP contribution is 2.26. The molecule has 1 aromatic rings. The third-order valence-electron chi connectivity index (χ3n) is 1.90. The molecule has 0 aliphatic heterocycles. The van der Waals surface area contributed by atoms with E-state index in [2.05, 4.69) is 4.18 Å². The second-order valence-electron chi connectivity index (χ2n) is 3.25. The van der Waals surface area contributed by atoms with Gasteiger partial charge in [-0.3, -0.25) is 4.18 Å². The van der Waals surface area contributed by atoms with Gasteiger partial charge in [-0.05, 0) is 24.1 Å². The summed E-state index contributed by atoms with van der Waals surface area (Å²) in [6.07, 6.45) is 0. The van der Waals surface area contributed by atoms with Gasteiger partial charge < -0.3 is 0 Å². The van der Waals surface area contributed by atoms with E-state index < -0.39 is 22.2 Å². The van der Waals surface area contributed by atoms with Gasteiger partial charge in [0.1, 0.15) is 0 Å². The van der Waals surface area contributed by atoms with Gasteiger partial charge in [0, 0.05) is 5.02 Å². The van der Waals surface area contributed by atoms with Crippen molar-refractivity contribution in [2.75, 3.05) is 0 Å². The maximum absolute atomic E-state index is 11.9. The molecule has 17 heavy (non-hydrogen) atoms. The number of alkyl halides is 3. The van der Waals surface area contributed by atoms with Crippen molar-refractivity contribution in [2.45, 2.75) is 19.0 Å². The van der Waals surface area contributed by atoms with Gasteiger partial charge >= 0.3 is 15.6 Å². The summed E-state index contributed by atoms with van der Waals surface area (Å²) < 4.78 is 60.9. The Morgan fingerprint density at radius 2 is 1.94 bits per heavy atom. The molecule has 0 unspecified atom stereocenters. The Labute approximate surface area is 101 Å². The van der Waals surface area contributed by atoms with Crippen LogP contribution >= 0.6 is 11.6 Å². The van der Waals surface area contributed by atoms with Crippen molar-refractivity contribution in [2.24, 2.45) is 0 Å². The van der Waals surface area contributed by atoms with Crippen molar-refractivity contribution in [1.29, 1.82) is 0 Å². The summed E-state index contributed by atoms with van der Waals surface area (Å²) in [5.74, 6) is 0. The van der Waals surface area contributed by atoms with Crippen LogP contribution in [0.3, 0.4) is 0 Å². The number of halogens is 4.